The van der Waals surface area contributed by atoms with Crippen LogP contribution in [0.2, 0.25) is 0 Å². The Hall–Kier alpha value is -7.62. The molecule has 6 aromatic rings. The standard InChI is InChI=1S/C50H44N6O10S/c1-63-26-27-65-49(62)55-37-22-21-30(12-11-23-52-47(51)61)28-35(37)50(46(55)60)39(44(58)54-48-53-36-19-8-9-20-38(36)67-48)41-45(59)66-42(32-15-6-3-7-16-32)40(31-13-4-2-5-14-31)56(41)43(50)33-17-10-18-34(29-33)64-25-24-57/h2-10,13-22,28-29,39-43,57H,23-27H2,1H3,(H3,51,52,61)(H,53,54,58). The Morgan fingerprint density at radius 1 is 0.866 bits per heavy atom. The lowest BCUT2D eigenvalue weighted by Crippen LogP contribution is -2.54. The van der Waals surface area contributed by atoms with Gasteiger partial charge in [-0.15, -0.1) is 0 Å². The number of methoxy groups -OCH3 is 1. The second-order valence-electron chi connectivity index (χ2n) is 15.9. The zero-order valence-electron chi connectivity index (χ0n) is 36.0. The minimum atomic E-state index is -2.14. The number of hydrogen-bond acceptors (Lipinski definition) is 13. The van der Waals surface area contributed by atoms with Crippen molar-refractivity contribution in [1.29, 1.82) is 0 Å². The Balaban J connectivity index is 1.35. The van der Waals surface area contributed by atoms with Gasteiger partial charge >= 0.3 is 18.1 Å². The molecule has 0 bridgehead atoms. The number of nitrogens with zero attached hydrogens (tertiary/aromatic N) is 3. The molecule has 4 heterocycles. The molecule has 1 spiro atoms. The van der Waals surface area contributed by atoms with Crippen molar-refractivity contribution in [2.24, 2.45) is 11.7 Å². The van der Waals surface area contributed by atoms with Crippen LogP contribution in [0.25, 0.3) is 10.2 Å². The molecule has 16 nitrogen and oxygen atoms in total. The Morgan fingerprint density at radius 3 is 2.33 bits per heavy atom. The number of aliphatic hydroxyl groups is 1. The van der Waals surface area contributed by atoms with E-state index in [2.05, 4.69) is 22.5 Å². The summed E-state index contributed by atoms with van der Waals surface area (Å²) in [5, 5.41) is 15.4. The number of aliphatic hydroxyl groups excluding tert-OH is 1. The number of primary amides is 1. The summed E-state index contributed by atoms with van der Waals surface area (Å²) in [6.07, 6.45) is -2.00. The third kappa shape index (κ3) is 8.21. The van der Waals surface area contributed by atoms with Gasteiger partial charge in [0.25, 0.3) is 0 Å². The number of amides is 5. The molecule has 2 saturated heterocycles. The number of morpholine rings is 1. The predicted molar refractivity (Wildman–Crippen MR) is 247 cm³/mol. The highest BCUT2D eigenvalue weighted by molar-refractivity contribution is 7.22. The minimum Gasteiger partial charge on any atom is -0.491 e. The lowest BCUT2D eigenvalue weighted by Gasteiger charge is -2.46. The van der Waals surface area contributed by atoms with Crippen LogP contribution in [0.5, 0.6) is 5.75 Å². The van der Waals surface area contributed by atoms with Crippen LogP contribution in [0.4, 0.5) is 20.4 Å². The second kappa shape index (κ2) is 19.1. The number of nitrogens with one attached hydrogen (secondary N) is 2. The van der Waals surface area contributed by atoms with E-state index in [1.807, 2.05) is 83.8 Å². The molecule has 5 aromatic carbocycles. The van der Waals surface area contributed by atoms with Crippen LogP contribution in [0, 0.1) is 17.8 Å². The van der Waals surface area contributed by atoms with Gasteiger partial charge in [-0.25, -0.2) is 19.5 Å². The monoisotopic (exact) mass is 920 g/mol. The van der Waals surface area contributed by atoms with Crippen molar-refractivity contribution in [1.82, 2.24) is 15.2 Å². The summed E-state index contributed by atoms with van der Waals surface area (Å²) >= 11 is 1.22. The number of fused-ring (bicyclic) bond motifs is 4. The third-order valence-electron chi connectivity index (χ3n) is 12.1. The molecule has 17 heteroatoms. The van der Waals surface area contributed by atoms with E-state index >= 15 is 14.4 Å². The molecule has 2 fully saturated rings. The van der Waals surface area contributed by atoms with Crippen LogP contribution < -0.4 is 26.0 Å². The maximum Gasteiger partial charge on any atom is 0.421 e. The Kier molecular flexibility index (Phi) is 12.7. The number of benzene rings is 5. The number of para-hydroxylation sites is 1. The highest BCUT2D eigenvalue weighted by Gasteiger charge is 2.76. The molecule has 3 aliphatic rings. The topological polar surface area (TPSA) is 212 Å². The first-order chi connectivity index (χ1) is 32.6. The first-order valence-corrected chi connectivity index (χ1v) is 22.2. The maximum absolute atomic E-state index is 16.4. The van der Waals surface area contributed by atoms with E-state index in [0.29, 0.717) is 33.5 Å². The van der Waals surface area contributed by atoms with E-state index in [-0.39, 0.29) is 49.4 Å². The van der Waals surface area contributed by atoms with Crippen LogP contribution in [0.1, 0.15) is 46.0 Å². The Labute approximate surface area is 388 Å². The van der Waals surface area contributed by atoms with E-state index < -0.39 is 65.5 Å². The molecule has 3 aliphatic heterocycles. The number of aromatic nitrogens is 1. The highest BCUT2D eigenvalue weighted by atomic mass is 32.1. The number of nitrogens with two attached hydrogens (primary N) is 1. The number of cyclic esters (lactones) is 1. The number of urea groups is 1. The van der Waals surface area contributed by atoms with Crippen LogP contribution in [0.3, 0.4) is 0 Å². The number of imide groups is 1. The van der Waals surface area contributed by atoms with Crippen molar-refractivity contribution < 1.29 is 48.0 Å². The molecule has 0 saturated carbocycles. The van der Waals surface area contributed by atoms with E-state index in [1.165, 1.54) is 18.4 Å². The van der Waals surface area contributed by atoms with Crippen molar-refractivity contribution in [2.75, 3.05) is 50.3 Å². The summed E-state index contributed by atoms with van der Waals surface area (Å²) in [4.78, 5) is 81.0. The summed E-state index contributed by atoms with van der Waals surface area (Å²) in [6.45, 7) is -0.624. The van der Waals surface area contributed by atoms with Gasteiger partial charge in [0.15, 0.2) is 5.13 Å². The molecule has 9 rings (SSSR count). The normalized spacial score (nSPS) is 21.8. The van der Waals surface area contributed by atoms with Crippen molar-refractivity contribution in [3.63, 3.8) is 0 Å². The average Bonchev–Trinajstić information content (AvgIpc) is 3.98. The fraction of sp³-hybridized carbons (Fsp3) is 0.240. The van der Waals surface area contributed by atoms with Gasteiger partial charge in [0.1, 0.15) is 36.5 Å². The van der Waals surface area contributed by atoms with E-state index in [1.54, 1.807) is 48.5 Å². The number of hydrogen-bond donors (Lipinski definition) is 4. The number of thiazole rings is 1. The average molecular weight is 921 g/mol. The zero-order valence-corrected chi connectivity index (χ0v) is 36.8. The fourth-order valence-electron chi connectivity index (χ4n) is 9.57. The van der Waals surface area contributed by atoms with Crippen molar-refractivity contribution in [3.05, 3.63) is 155 Å². The number of carbonyl (C=O) groups excluding carboxylic acids is 5. The SMILES string of the molecule is COCCOC(=O)N1C(=O)C2(c3cc(C#CCNC(N)=O)ccc31)C(C(=O)Nc1nc3ccccc3s1)C1C(=O)OC(c3ccccc3)C(c3ccccc3)N1C2c1cccc(OCCO)c1. The molecule has 6 unspecified atom stereocenters. The van der Waals surface area contributed by atoms with Gasteiger partial charge in [-0.2, -0.15) is 0 Å². The van der Waals surface area contributed by atoms with Gasteiger partial charge in [0.2, 0.25) is 11.8 Å². The van der Waals surface area contributed by atoms with E-state index in [4.69, 9.17) is 29.7 Å². The zero-order chi connectivity index (χ0) is 46.7. The molecule has 0 radical (unpaired) electrons. The molecular weight excluding hydrogens is 877 g/mol. The van der Waals surface area contributed by atoms with E-state index in [9.17, 15) is 14.7 Å². The van der Waals surface area contributed by atoms with Crippen LogP contribution >= 0.6 is 11.3 Å². The Morgan fingerprint density at radius 2 is 1.60 bits per heavy atom. The largest absolute Gasteiger partial charge is 0.491 e. The summed E-state index contributed by atoms with van der Waals surface area (Å²) in [5.41, 5.74) is 6.22. The van der Waals surface area contributed by atoms with Crippen molar-refractivity contribution >= 4 is 62.3 Å². The molecule has 0 aliphatic carbocycles. The molecular formula is C50H44N6O10S. The van der Waals surface area contributed by atoms with Gasteiger partial charge < -0.3 is 40.4 Å². The number of rotatable bonds is 12. The summed E-state index contributed by atoms with van der Waals surface area (Å²) in [7, 11) is 1.44. The highest BCUT2D eigenvalue weighted by Crippen LogP contribution is 2.66. The first kappa shape index (κ1) is 44.6. The van der Waals surface area contributed by atoms with Crippen LogP contribution in [0.15, 0.2) is 127 Å². The molecule has 1 aromatic heterocycles. The molecule has 5 amide bonds. The number of carbonyl (C=O) groups is 5. The van der Waals surface area contributed by atoms with Crippen molar-refractivity contribution in [2.45, 2.75) is 29.6 Å². The van der Waals surface area contributed by atoms with Gasteiger partial charge in [-0.3, -0.25) is 19.3 Å². The summed E-state index contributed by atoms with van der Waals surface area (Å²) < 4.78 is 24.1. The number of anilines is 2. The smallest absolute Gasteiger partial charge is 0.421 e. The third-order valence-corrected chi connectivity index (χ3v) is 13.0. The quantitative estimate of drug-likeness (QED) is 0.0655. The summed E-state index contributed by atoms with van der Waals surface area (Å²) in [5.74, 6) is 2.19. The number of ether oxygens (including phenoxy) is 4. The number of esters is 1. The van der Waals surface area contributed by atoms with Gasteiger partial charge in [-0.1, -0.05) is 108 Å². The van der Waals surface area contributed by atoms with Gasteiger partial charge in [-0.05, 0) is 64.7 Å². The van der Waals surface area contributed by atoms with Gasteiger partial charge in [0.05, 0.1) is 53.7 Å². The van der Waals surface area contributed by atoms with Gasteiger partial charge in [0, 0.05) is 12.7 Å². The molecule has 5 N–H and O–H groups in total. The fourth-order valence-corrected chi connectivity index (χ4v) is 10.4. The summed E-state index contributed by atoms with van der Waals surface area (Å²) in [6, 6.07) is 33.2. The lowest BCUT2D eigenvalue weighted by molar-refractivity contribution is -0.177. The first-order valence-electron chi connectivity index (χ1n) is 21.4. The lowest BCUT2D eigenvalue weighted by atomic mass is 9.65. The van der Waals surface area contributed by atoms with Crippen LogP contribution in [-0.2, 0) is 34.0 Å². The van der Waals surface area contributed by atoms with Crippen molar-refractivity contribution in [3.8, 4) is 17.6 Å². The second-order valence-corrected chi connectivity index (χ2v) is 16.9. The van der Waals surface area contributed by atoms with Crippen LogP contribution in [-0.4, -0.2) is 91.0 Å². The Bertz CT molecular complexity index is 2890. The molecule has 340 valence electrons. The maximum atomic E-state index is 16.4. The molecule has 67 heavy (non-hydrogen) atoms. The molecule has 6 atom stereocenters. The predicted octanol–water partition coefficient (Wildman–Crippen LogP) is 5.77. The minimum absolute atomic E-state index is 0.0252. The van der Waals surface area contributed by atoms with E-state index in [0.717, 1.165) is 9.60 Å².